The third-order valence-corrected chi connectivity index (χ3v) is 12.3. The lowest BCUT2D eigenvalue weighted by atomic mass is 9.88. The number of likely N-dealkylation sites (tertiary alicyclic amines) is 1. The van der Waals surface area contributed by atoms with Crippen LogP contribution in [0.15, 0.2) is 53.3 Å². The molecule has 2 aromatic carbocycles. The summed E-state index contributed by atoms with van der Waals surface area (Å²) < 4.78 is 36.5. The number of aliphatic hydroxyl groups is 1. The van der Waals surface area contributed by atoms with Crippen LogP contribution in [0.2, 0.25) is 0 Å². The van der Waals surface area contributed by atoms with E-state index >= 15 is 8.78 Å². The third kappa shape index (κ3) is 9.44. The molecule has 14 nitrogen and oxygen atoms in total. The highest BCUT2D eigenvalue weighted by Gasteiger charge is 2.35. The first-order valence-electron chi connectivity index (χ1n) is 21.1. The van der Waals surface area contributed by atoms with Gasteiger partial charge in [0.1, 0.15) is 17.9 Å². The summed E-state index contributed by atoms with van der Waals surface area (Å²) in [7, 11) is 3.55. The van der Waals surface area contributed by atoms with Crippen molar-refractivity contribution < 1.29 is 33.0 Å². The Hall–Kier alpha value is -5.74. The number of aromatic nitrogens is 1. The molecule has 5 N–H and O–H groups in total. The molecule has 2 saturated heterocycles. The number of guanidine groups is 1. The number of anilines is 2. The summed E-state index contributed by atoms with van der Waals surface area (Å²) in [4.78, 5) is 54.7. The monoisotopic (exact) mass is 839 g/mol. The zero-order chi connectivity index (χ0) is 43.5. The second kappa shape index (κ2) is 18.5. The number of nitrogens with one attached hydrogen (secondary N) is 4. The molecule has 1 unspecified atom stereocenters. The van der Waals surface area contributed by atoms with Gasteiger partial charge in [-0.2, -0.15) is 4.99 Å². The molecular weight excluding hydrogens is 785 g/mol. The molecule has 0 saturated carbocycles. The minimum atomic E-state index is -1.34. The van der Waals surface area contributed by atoms with Gasteiger partial charge in [-0.1, -0.05) is 6.92 Å². The Morgan fingerprint density at radius 2 is 1.89 bits per heavy atom. The summed E-state index contributed by atoms with van der Waals surface area (Å²) >= 11 is 0. The number of carbonyl (C=O) groups is 3. The van der Waals surface area contributed by atoms with Crippen LogP contribution in [0.5, 0.6) is 0 Å². The van der Waals surface area contributed by atoms with E-state index in [-0.39, 0.29) is 48.2 Å². The van der Waals surface area contributed by atoms with Crippen molar-refractivity contribution in [2.45, 2.75) is 89.9 Å². The summed E-state index contributed by atoms with van der Waals surface area (Å²) in [6, 6.07) is 11.5. The number of nitrogens with zero attached hydrogens (tertiary/aromatic N) is 5. The van der Waals surface area contributed by atoms with Crippen molar-refractivity contribution in [3.8, 4) is 0 Å². The summed E-state index contributed by atoms with van der Waals surface area (Å²) in [6.07, 6.45) is 3.50. The fourth-order valence-corrected chi connectivity index (χ4v) is 8.95. The molecule has 2 bridgehead atoms. The first-order valence-corrected chi connectivity index (χ1v) is 21.1. The van der Waals surface area contributed by atoms with Crippen LogP contribution in [0.4, 0.5) is 20.2 Å². The smallest absolute Gasteiger partial charge is 0.280 e. The van der Waals surface area contributed by atoms with Gasteiger partial charge in [0.05, 0.1) is 29.2 Å². The van der Waals surface area contributed by atoms with Crippen LogP contribution < -0.4 is 20.9 Å². The highest BCUT2D eigenvalue weighted by Crippen LogP contribution is 2.36. The molecule has 5 heterocycles. The van der Waals surface area contributed by atoms with E-state index in [4.69, 9.17) is 10.1 Å². The Balaban J connectivity index is 1.03. The zero-order valence-electron chi connectivity index (χ0n) is 35.4. The minimum absolute atomic E-state index is 0.0303. The van der Waals surface area contributed by atoms with Crippen molar-refractivity contribution in [1.82, 2.24) is 25.4 Å². The molecule has 4 aliphatic rings. The zero-order valence-corrected chi connectivity index (χ0v) is 35.4. The van der Waals surface area contributed by atoms with Gasteiger partial charge >= 0.3 is 0 Å². The first-order chi connectivity index (χ1) is 29.2. The number of rotatable bonds is 8. The Kier molecular flexibility index (Phi) is 13.1. The number of aliphatic imine (C=N–C) groups is 1. The molecule has 0 radical (unpaired) electrons. The maximum atomic E-state index is 15.2. The highest BCUT2D eigenvalue weighted by atomic mass is 19.1. The first kappa shape index (κ1) is 43.4. The normalized spacial score (nSPS) is 25.7. The SMILES string of the molecule is CN/C1=C(\C=N)c2cc(cc(C)n2)C(=O)/N=C2\Nc3ccc(C(=O)N(C)[C@H]4CCN(CCc5cc(F)c([C@H]6CCC(=O)NC6O)c(F)c5)[C@@H](C)C4)cc3N2C[C@H](C)CCCO1. The molecule has 3 aromatic rings. The maximum Gasteiger partial charge on any atom is 0.280 e. The molecule has 3 amide bonds. The quantitative estimate of drug-likeness (QED) is 0.181. The summed E-state index contributed by atoms with van der Waals surface area (Å²) in [5, 5.41) is 27.1. The van der Waals surface area contributed by atoms with Crippen molar-refractivity contribution in [1.29, 1.82) is 5.41 Å². The molecule has 1 aromatic heterocycles. The third-order valence-electron chi connectivity index (χ3n) is 12.3. The molecule has 4 aliphatic heterocycles. The van der Waals surface area contributed by atoms with Gasteiger partial charge in [-0.05, 0) is 106 Å². The Bertz CT molecular complexity index is 2240. The predicted molar refractivity (Wildman–Crippen MR) is 230 cm³/mol. The van der Waals surface area contributed by atoms with E-state index in [1.165, 1.54) is 18.3 Å². The van der Waals surface area contributed by atoms with Crippen LogP contribution in [0, 0.1) is 29.9 Å². The van der Waals surface area contributed by atoms with Crippen molar-refractivity contribution in [3.05, 3.63) is 93.6 Å². The molecule has 61 heavy (non-hydrogen) atoms. The molecule has 5 atom stereocenters. The van der Waals surface area contributed by atoms with Crippen LogP contribution in [0.1, 0.15) is 102 Å². The second-order valence-corrected chi connectivity index (χ2v) is 16.7. The number of piperidine rings is 2. The number of halogens is 2. The highest BCUT2D eigenvalue weighted by molar-refractivity contribution is 6.20. The molecular formula is C45H55F2N9O5. The van der Waals surface area contributed by atoms with Crippen molar-refractivity contribution in [3.63, 3.8) is 0 Å². The fourth-order valence-electron chi connectivity index (χ4n) is 8.95. The lowest BCUT2D eigenvalue weighted by molar-refractivity contribution is -0.127. The van der Waals surface area contributed by atoms with Gasteiger partial charge in [0.15, 0.2) is 5.88 Å². The second-order valence-electron chi connectivity index (χ2n) is 16.7. The van der Waals surface area contributed by atoms with E-state index in [9.17, 15) is 19.5 Å². The van der Waals surface area contributed by atoms with Crippen LogP contribution in [0.25, 0.3) is 5.57 Å². The number of aryl methyl sites for hydroxylation is 1. The van der Waals surface area contributed by atoms with E-state index in [1.807, 2.05) is 24.1 Å². The van der Waals surface area contributed by atoms with E-state index in [0.29, 0.717) is 78.2 Å². The standard InChI is InChI=1S/C45H55F2N9O5/c1-25-7-6-16-61-43(49-4)33(23-48)37-21-30(17-26(2)50-37)41(58)53-45-51-36-10-8-29(22-38(36)56(45)24-25)44(60)54(5)31-13-15-55(27(3)18-31)14-12-28-19-34(46)40(35(47)20-28)32-9-11-39(57)52-42(32)59/h8,10,17,19-23,25,27,31-32,42,48-49,59H,6-7,9,11-16,18,24H2,1-5H3,(H,52,57)(H,51,53,58)/b43-33-,48-23?/t25-,27+,31+,32-,42?/m1/s1. The van der Waals surface area contributed by atoms with Crippen molar-refractivity contribution in [2.75, 3.05) is 50.6 Å². The van der Waals surface area contributed by atoms with Gasteiger partial charge < -0.3 is 45.9 Å². The van der Waals surface area contributed by atoms with E-state index in [2.05, 4.69) is 44.7 Å². The number of ether oxygens (including phenoxy) is 1. The average molecular weight is 840 g/mol. The predicted octanol–water partition coefficient (Wildman–Crippen LogP) is 5.56. The van der Waals surface area contributed by atoms with Crippen LogP contribution in [-0.4, -0.2) is 108 Å². The molecule has 2 fully saturated rings. The molecule has 0 aliphatic carbocycles. The lowest BCUT2D eigenvalue weighted by Gasteiger charge is -2.41. The van der Waals surface area contributed by atoms with E-state index in [0.717, 1.165) is 37.1 Å². The Labute approximate surface area is 355 Å². The molecule has 16 heteroatoms. The molecule has 7 rings (SSSR count). The lowest BCUT2D eigenvalue weighted by Crippen LogP contribution is -2.49. The number of hydrogen-bond donors (Lipinski definition) is 5. The average Bonchev–Trinajstić information content (AvgIpc) is 3.55. The van der Waals surface area contributed by atoms with E-state index < -0.39 is 29.7 Å². The van der Waals surface area contributed by atoms with Crippen LogP contribution in [-0.2, 0) is 16.0 Å². The largest absolute Gasteiger partial charge is 0.479 e. The number of benzene rings is 2. The Morgan fingerprint density at radius 3 is 2.59 bits per heavy atom. The van der Waals surface area contributed by atoms with Crippen molar-refractivity contribution >= 4 is 46.8 Å². The number of carbonyl (C=O) groups excluding carboxylic acids is 3. The maximum absolute atomic E-state index is 15.2. The summed E-state index contributed by atoms with van der Waals surface area (Å²) in [6.45, 7) is 8.24. The summed E-state index contributed by atoms with van der Waals surface area (Å²) in [5.74, 6) is -2.31. The van der Waals surface area contributed by atoms with Gasteiger partial charge in [0.25, 0.3) is 11.8 Å². The fraction of sp³-hybridized carbons (Fsp3) is 0.467. The van der Waals surface area contributed by atoms with Gasteiger partial charge in [0.2, 0.25) is 11.9 Å². The van der Waals surface area contributed by atoms with Gasteiger partial charge in [-0.3, -0.25) is 19.4 Å². The number of amides is 3. The van der Waals surface area contributed by atoms with Gasteiger partial charge in [-0.15, -0.1) is 0 Å². The number of fused-ring (bicyclic) bond motifs is 5. The number of aliphatic hydroxyl groups excluding tert-OH is 1. The van der Waals surface area contributed by atoms with Crippen molar-refractivity contribution in [2.24, 2.45) is 10.9 Å². The minimum Gasteiger partial charge on any atom is -0.479 e. The van der Waals surface area contributed by atoms with E-state index in [1.54, 1.807) is 37.1 Å². The van der Waals surface area contributed by atoms with Gasteiger partial charge in [0, 0.05) is 86.8 Å². The van der Waals surface area contributed by atoms with Crippen LogP contribution in [0.3, 0.4) is 0 Å². The van der Waals surface area contributed by atoms with Gasteiger partial charge in [-0.25, -0.2) is 8.78 Å². The molecule has 0 spiro atoms. The molecule has 324 valence electrons. The number of allylic oxidation sites excluding steroid dienone is 1. The Morgan fingerprint density at radius 1 is 1.11 bits per heavy atom. The number of pyridine rings is 1. The number of hydrogen-bond acceptors (Lipinski definition) is 11. The summed E-state index contributed by atoms with van der Waals surface area (Å²) in [5.41, 5.74) is 4.06. The van der Waals surface area contributed by atoms with Crippen LogP contribution >= 0.6 is 0 Å². The topological polar surface area (TPSA) is 176 Å².